The monoisotopic (exact) mass is 249 g/mol. The second-order valence-electron chi connectivity index (χ2n) is 4.28. The first-order valence-electron chi connectivity index (χ1n) is 5.18. The number of thiol groups is 1. The zero-order chi connectivity index (χ0) is 12.7. The number of hydrogen-bond acceptors (Lipinski definition) is 4. The molecule has 0 spiro atoms. The SMILES string of the molecule is CC(C)COC(=O)ON(CC(C)C)C(=O)S. The van der Waals surface area contributed by atoms with Crippen LogP contribution < -0.4 is 0 Å². The summed E-state index contributed by atoms with van der Waals surface area (Å²) in [6.45, 7) is 8.15. The van der Waals surface area contributed by atoms with E-state index in [-0.39, 0.29) is 18.4 Å². The number of carbonyl (C=O) groups excluding carboxylic acids is 2. The lowest BCUT2D eigenvalue weighted by atomic mass is 10.2. The van der Waals surface area contributed by atoms with E-state index in [2.05, 4.69) is 12.6 Å². The van der Waals surface area contributed by atoms with Crippen LogP contribution in [0.15, 0.2) is 0 Å². The first kappa shape index (κ1) is 15.1. The maximum Gasteiger partial charge on any atom is 0.533 e. The van der Waals surface area contributed by atoms with Gasteiger partial charge in [-0.25, -0.2) is 4.79 Å². The lowest BCUT2D eigenvalue weighted by Gasteiger charge is -2.20. The standard InChI is InChI=1S/C10H19NO4S/c1-7(2)5-11(9(12)16)15-10(13)14-6-8(3)4/h7-8H,5-6H2,1-4H3,(H,12,16). The number of amides is 1. The number of rotatable bonds is 4. The Balaban J connectivity index is 4.08. The fraction of sp³-hybridized carbons (Fsp3) is 0.800. The molecule has 0 aliphatic carbocycles. The first-order chi connectivity index (χ1) is 7.32. The topological polar surface area (TPSA) is 55.8 Å². The summed E-state index contributed by atoms with van der Waals surface area (Å²) in [5.41, 5.74) is 0. The number of nitrogens with zero attached hydrogens (tertiary/aromatic N) is 1. The number of hydrogen-bond donors (Lipinski definition) is 1. The molecular weight excluding hydrogens is 230 g/mol. The molecule has 0 rings (SSSR count). The van der Waals surface area contributed by atoms with Crippen molar-refractivity contribution < 1.29 is 19.2 Å². The van der Waals surface area contributed by atoms with Crippen molar-refractivity contribution in [1.29, 1.82) is 0 Å². The Hall–Kier alpha value is -0.910. The van der Waals surface area contributed by atoms with E-state index >= 15 is 0 Å². The largest absolute Gasteiger partial charge is 0.533 e. The van der Waals surface area contributed by atoms with Gasteiger partial charge in [0.05, 0.1) is 13.2 Å². The summed E-state index contributed by atoms with van der Waals surface area (Å²) < 4.78 is 4.78. The highest BCUT2D eigenvalue weighted by molar-refractivity contribution is 7.96. The molecule has 0 aliphatic heterocycles. The van der Waals surface area contributed by atoms with Crippen molar-refractivity contribution in [3.8, 4) is 0 Å². The van der Waals surface area contributed by atoms with Gasteiger partial charge in [-0.15, -0.1) is 0 Å². The molecule has 0 bridgehead atoms. The van der Waals surface area contributed by atoms with Gasteiger partial charge in [-0.3, -0.25) is 4.79 Å². The van der Waals surface area contributed by atoms with Crippen molar-refractivity contribution in [1.82, 2.24) is 5.06 Å². The number of hydroxylamine groups is 2. The van der Waals surface area contributed by atoms with Crippen molar-refractivity contribution in [2.24, 2.45) is 11.8 Å². The predicted molar refractivity (Wildman–Crippen MR) is 63.2 cm³/mol. The van der Waals surface area contributed by atoms with E-state index in [4.69, 9.17) is 9.57 Å². The molecule has 0 aliphatic rings. The van der Waals surface area contributed by atoms with Crippen molar-refractivity contribution in [2.75, 3.05) is 13.2 Å². The highest BCUT2D eigenvalue weighted by Gasteiger charge is 2.18. The minimum Gasteiger partial charge on any atom is -0.432 e. The minimum atomic E-state index is -0.878. The molecule has 0 saturated carbocycles. The molecule has 0 aromatic carbocycles. The molecule has 5 nitrogen and oxygen atoms in total. The van der Waals surface area contributed by atoms with E-state index in [1.165, 1.54) is 0 Å². The first-order valence-corrected chi connectivity index (χ1v) is 5.62. The van der Waals surface area contributed by atoms with Gasteiger partial charge in [-0.1, -0.05) is 40.3 Å². The van der Waals surface area contributed by atoms with Crippen LogP contribution in [0.1, 0.15) is 27.7 Å². The van der Waals surface area contributed by atoms with Gasteiger partial charge in [0, 0.05) is 0 Å². The summed E-state index contributed by atoms with van der Waals surface area (Å²) in [5, 5.41) is 0.270. The predicted octanol–water partition coefficient (Wildman–Crippen LogP) is 2.72. The number of ether oxygens (including phenoxy) is 1. The van der Waals surface area contributed by atoms with Crippen molar-refractivity contribution in [3.05, 3.63) is 0 Å². The van der Waals surface area contributed by atoms with Gasteiger partial charge < -0.3 is 9.57 Å². The molecule has 94 valence electrons. The summed E-state index contributed by atoms with van der Waals surface area (Å²) >= 11 is 3.61. The number of carbonyl (C=O) groups is 2. The third-order valence-corrected chi connectivity index (χ3v) is 1.69. The maximum absolute atomic E-state index is 11.2. The van der Waals surface area contributed by atoms with E-state index in [1.54, 1.807) is 0 Å². The van der Waals surface area contributed by atoms with E-state index in [0.717, 1.165) is 5.06 Å². The second kappa shape index (κ2) is 7.38. The average molecular weight is 249 g/mol. The Bertz CT molecular complexity index is 243. The van der Waals surface area contributed by atoms with Gasteiger partial charge in [-0.2, -0.15) is 5.06 Å². The Labute approximate surface area is 101 Å². The van der Waals surface area contributed by atoms with Crippen LogP contribution in [-0.4, -0.2) is 29.6 Å². The van der Waals surface area contributed by atoms with Crippen LogP contribution in [0.25, 0.3) is 0 Å². The molecule has 1 amide bonds. The lowest BCUT2D eigenvalue weighted by Crippen LogP contribution is -2.33. The molecule has 0 aromatic heterocycles. The minimum absolute atomic E-state index is 0.175. The fourth-order valence-electron chi connectivity index (χ4n) is 0.837. The van der Waals surface area contributed by atoms with Gasteiger partial charge in [0.25, 0.3) is 0 Å². The summed E-state index contributed by atoms with van der Waals surface area (Å²) in [7, 11) is 0. The molecule has 16 heavy (non-hydrogen) atoms. The van der Waals surface area contributed by atoms with Crippen molar-refractivity contribution in [2.45, 2.75) is 27.7 Å². The Morgan fingerprint density at radius 1 is 1.19 bits per heavy atom. The molecule has 0 radical (unpaired) electrons. The highest BCUT2D eigenvalue weighted by Crippen LogP contribution is 2.05. The molecule has 0 N–H and O–H groups in total. The van der Waals surface area contributed by atoms with Gasteiger partial charge in [0.2, 0.25) is 0 Å². The van der Waals surface area contributed by atoms with E-state index < -0.39 is 11.4 Å². The van der Waals surface area contributed by atoms with E-state index in [0.29, 0.717) is 6.54 Å². The smallest absolute Gasteiger partial charge is 0.432 e. The van der Waals surface area contributed by atoms with E-state index in [1.807, 2.05) is 27.7 Å². The summed E-state index contributed by atoms with van der Waals surface area (Å²) in [5.74, 6) is 0.395. The molecule has 0 fully saturated rings. The highest BCUT2D eigenvalue weighted by atomic mass is 32.1. The molecule has 0 saturated heterocycles. The van der Waals surface area contributed by atoms with Gasteiger partial charge in [-0.05, 0) is 11.8 Å². The van der Waals surface area contributed by atoms with Crippen LogP contribution in [-0.2, 0) is 9.57 Å². The van der Waals surface area contributed by atoms with Crippen LogP contribution in [0, 0.1) is 11.8 Å². The van der Waals surface area contributed by atoms with Crippen LogP contribution in [0.3, 0.4) is 0 Å². The Morgan fingerprint density at radius 2 is 1.75 bits per heavy atom. The lowest BCUT2D eigenvalue weighted by molar-refractivity contribution is -0.0915. The maximum atomic E-state index is 11.2. The average Bonchev–Trinajstić information content (AvgIpc) is 2.12. The van der Waals surface area contributed by atoms with Crippen molar-refractivity contribution >= 4 is 24.0 Å². The molecule has 0 heterocycles. The van der Waals surface area contributed by atoms with Crippen LogP contribution in [0.2, 0.25) is 0 Å². The Kier molecular flexibility index (Phi) is 6.96. The molecule has 0 atom stereocenters. The van der Waals surface area contributed by atoms with Crippen LogP contribution in [0.4, 0.5) is 9.59 Å². The van der Waals surface area contributed by atoms with Crippen LogP contribution in [0.5, 0.6) is 0 Å². The molecule has 6 heteroatoms. The summed E-state index contributed by atoms with van der Waals surface area (Å²) in [6, 6.07) is 0. The second-order valence-corrected chi connectivity index (χ2v) is 4.67. The summed E-state index contributed by atoms with van der Waals surface area (Å²) in [4.78, 5) is 26.9. The Morgan fingerprint density at radius 3 is 2.12 bits per heavy atom. The van der Waals surface area contributed by atoms with Gasteiger partial charge in [0.1, 0.15) is 0 Å². The molecule has 0 aromatic rings. The van der Waals surface area contributed by atoms with Gasteiger partial charge in [0.15, 0.2) is 0 Å². The van der Waals surface area contributed by atoms with Crippen LogP contribution >= 0.6 is 12.6 Å². The normalized spacial score (nSPS) is 10.4. The zero-order valence-corrected chi connectivity index (χ0v) is 11.0. The summed E-state index contributed by atoms with van der Waals surface area (Å²) in [6.07, 6.45) is -0.878. The van der Waals surface area contributed by atoms with Gasteiger partial charge >= 0.3 is 11.4 Å². The third-order valence-electron chi connectivity index (χ3n) is 1.46. The zero-order valence-electron chi connectivity index (χ0n) is 10.1. The quantitative estimate of drug-likeness (QED) is 0.473. The van der Waals surface area contributed by atoms with Crippen molar-refractivity contribution in [3.63, 3.8) is 0 Å². The third kappa shape index (κ3) is 7.39. The molecular formula is C10H19NO4S. The fourth-order valence-corrected chi connectivity index (χ4v) is 0.960. The molecule has 0 unspecified atom stereocenters. The van der Waals surface area contributed by atoms with E-state index in [9.17, 15) is 9.59 Å².